The van der Waals surface area contributed by atoms with E-state index in [9.17, 15) is 0 Å². The van der Waals surface area contributed by atoms with E-state index in [0.717, 1.165) is 6.42 Å². The molecule has 4 heteroatoms. The third-order valence-electron chi connectivity index (χ3n) is 5.05. The van der Waals surface area contributed by atoms with Crippen LogP contribution in [0, 0.1) is 56.6 Å². The molecule has 0 heterocycles. The Morgan fingerprint density at radius 2 is 1.95 bits per heavy atom. The molecule has 1 aliphatic rings. The van der Waals surface area contributed by atoms with E-state index >= 15 is 0 Å². The van der Waals surface area contributed by atoms with Crippen molar-refractivity contribution < 1.29 is 62.0 Å². The van der Waals surface area contributed by atoms with Crippen molar-refractivity contribution in [2.24, 2.45) is 5.73 Å². The average molecular weight is 733 g/mol. The van der Waals surface area contributed by atoms with Crippen LogP contribution in [0.2, 0.25) is 0 Å². The van der Waals surface area contributed by atoms with Crippen molar-refractivity contribution >= 4 is 58.8 Å². The Hall–Kier alpha value is 2.34. The van der Waals surface area contributed by atoms with Gasteiger partial charge in [-0.3, -0.25) is 0 Å². The Labute approximate surface area is 206 Å². The van der Waals surface area contributed by atoms with Gasteiger partial charge in [0.25, 0.3) is 0 Å². The molecule has 1 nitrogen and oxygen atoms in total. The molecule has 21 heavy (non-hydrogen) atoms. The second-order valence-electron chi connectivity index (χ2n) is 6.32. The maximum atomic E-state index is 6.04. The zero-order chi connectivity index (χ0) is 15.3. The summed E-state index contributed by atoms with van der Waals surface area (Å²) >= 11 is 2.83. The molecule has 100 valence electrons. The molecule has 2 unspecified atom stereocenters. The van der Waals surface area contributed by atoms with Crippen molar-refractivity contribution in [1.82, 2.24) is 0 Å². The summed E-state index contributed by atoms with van der Waals surface area (Å²) in [5.41, 5.74) is 13.6. The van der Waals surface area contributed by atoms with Crippen molar-refractivity contribution in [3.8, 4) is 11.1 Å². The summed E-state index contributed by atoms with van der Waals surface area (Å²) in [5.74, 6) is 0.604. The summed E-state index contributed by atoms with van der Waals surface area (Å²) in [6.45, 7) is 4.64. The average Bonchev–Trinajstić information content (AvgIpc) is 3.21. The van der Waals surface area contributed by atoms with Gasteiger partial charge >= 0.3 is 211 Å². The van der Waals surface area contributed by atoms with E-state index < -0.39 is 0 Å². The maximum absolute atomic E-state index is 6.04. The summed E-state index contributed by atoms with van der Waals surface area (Å²) in [4.78, 5) is 0. The molecular formula is C17H17NRaRbRe. The van der Waals surface area contributed by atoms with Crippen molar-refractivity contribution in [3.05, 3.63) is 41.0 Å². The normalized spacial score (nSPS) is 20.6. The monoisotopic (exact) mass is 733 g/mol. The molecule has 2 aromatic rings. The summed E-state index contributed by atoms with van der Waals surface area (Å²) < 4.78 is 5.04. The standard InChI is InChI=1S/C17H16N.Ra.Rb.Re.H/c1-11-6-7-14(8-12(11)2)13-4-3-5-15(9-13)16-10-17(16)18;;;;/h3-5,9,16-17H,10,18H2,1-2H3;;;;. The summed E-state index contributed by atoms with van der Waals surface area (Å²) in [5, 5.41) is 0. The molecular weight excluding hydrogens is 716 g/mol. The van der Waals surface area contributed by atoms with E-state index in [1.54, 1.807) is 14.4 Å². The first-order valence-corrected chi connectivity index (χ1v) is 15.5. The van der Waals surface area contributed by atoms with Crippen molar-refractivity contribution in [2.45, 2.75) is 32.2 Å². The Kier molecular flexibility index (Phi) is 6.30. The molecule has 2 atom stereocenters. The van der Waals surface area contributed by atoms with Crippen LogP contribution < -0.4 is 9.01 Å². The van der Waals surface area contributed by atoms with E-state index in [1.165, 1.54) is 16.7 Å². The van der Waals surface area contributed by atoms with Gasteiger partial charge in [-0.1, -0.05) is 0 Å². The fraction of sp³-hybridized carbons (Fsp3) is 0.294. The predicted octanol–water partition coefficient (Wildman–Crippen LogP) is 0.658. The summed E-state index contributed by atoms with van der Waals surface area (Å²) in [7, 11) is 0. The van der Waals surface area contributed by atoms with Crippen LogP contribution in [0.3, 0.4) is 0 Å². The molecule has 1 aliphatic carbocycles. The van der Waals surface area contributed by atoms with Gasteiger partial charge < -0.3 is 0 Å². The quantitative estimate of drug-likeness (QED) is 0.483. The molecule has 0 radical (unpaired) electrons. The van der Waals surface area contributed by atoms with Gasteiger partial charge in [0.2, 0.25) is 0 Å². The van der Waals surface area contributed by atoms with Crippen LogP contribution in [0.4, 0.5) is 0 Å². The Bertz CT molecular complexity index is 700. The van der Waals surface area contributed by atoms with Gasteiger partial charge in [-0.15, -0.1) is 0 Å². The third kappa shape index (κ3) is 3.65. The Morgan fingerprint density at radius 1 is 1.29 bits per heavy atom. The first-order valence-electron chi connectivity index (χ1n) is 7.53. The minimum atomic E-state index is 0.392. The molecule has 0 aliphatic heterocycles. The van der Waals surface area contributed by atoms with Crippen LogP contribution in [0.25, 0.3) is 11.1 Å². The third-order valence-corrected chi connectivity index (χ3v) is 25.7. The molecule has 1 fully saturated rings. The van der Waals surface area contributed by atoms with E-state index in [1.807, 2.05) is 19.2 Å². The van der Waals surface area contributed by atoms with Crippen LogP contribution >= 0.6 is 0 Å². The van der Waals surface area contributed by atoms with Crippen LogP contribution in [-0.2, 0) is 19.2 Å². The van der Waals surface area contributed by atoms with Crippen LogP contribution in [0.5, 0.6) is 0 Å². The van der Waals surface area contributed by atoms with Crippen molar-refractivity contribution in [1.29, 1.82) is 0 Å². The van der Waals surface area contributed by atoms with Gasteiger partial charge in [-0.25, -0.2) is 0 Å². The number of benzene rings is 2. The number of hydrogen-bond donors (Lipinski definition) is 1. The van der Waals surface area contributed by atoms with Crippen LogP contribution in [0.15, 0.2) is 24.3 Å². The number of hydrogen-bond acceptors (Lipinski definition) is 1. The van der Waals surface area contributed by atoms with E-state index in [4.69, 9.17) is 5.73 Å². The Balaban J connectivity index is 2.17. The zero-order valence-electron chi connectivity index (χ0n) is 13.1. The first-order chi connectivity index (χ1) is 9.91. The molecule has 0 saturated heterocycles. The fourth-order valence-corrected chi connectivity index (χ4v) is 12.5. The van der Waals surface area contributed by atoms with E-state index in [0.29, 0.717) is 110 Å². The van der Waals surface area contributed by atoms with Gasteiger partial charge in [-0.2, -0.15) is 0 Å². The van der Waals surface area contributed by atoms with Gasteiger partial charge in [-0.05, 0) is 0 Å². The summed E-state index contributed by atoms with van der Waals surface area (Å²) in [6, 6.07) is 9.60. The van der Waals surface area contributed by atoms with Crippen LogP contribution in [-0.4, -0.2) is 61.6 Å². The molecule has 0 spiro atoms. The fourth-order valence-electron chi connectivity index (χ4n) is 3.13. The van der Waals surface area contributed by atoms with Gasteiger partial charge in [0.05, 0.1) is 0 Å². The topological polar surface area (TPSA) is 26.0 Å². The molecule has 2 aromatic carbocycles. The van der Waals surface area contributed by atoms with Gasteiger partial charge in [0.1, 0.15) is 0 Å². The Morgan fingerprint density at radius 3 is 2.57 bits per heavy atom. The number of rotatable bonds is 2. The minimum absolute atomic E-state index is 0.392. The SMILES string of the molecule is Cc1c(C)[c]([Re])c(-c2cccc(C3CC3N)c2)[c]([RaH])[c]1[Rb]. The molecule has 3 rings (SSSR count). The van der Waals surface area contributed by atoms with Gasteiger partial charge in [0.15, 0.2) is 0 Å². The molecule has 1 saturated carbocycles. The van der Waals surface area contributed by atoms with E-state index in [-0.39, 0.29) is 0 Å². The predicted molar refractivity (Wildman–Crippen MR) is 82.7 cm³/mol. The second-order valence-corrected chi connectivity index (χ2v) is 14.2. The zero-order valence-corrected chi connectivity index (χ0v) is 29.0. The first kappa shape index (κ1) is 18.1. The summed E-state index contributed by atoms with van der Waals surface area (Å²) in [6.07, 6.45) is 1.16. The van der Waals surface area contributed by atoms with E-state index in [2.05, 4.69) is 38.1 Å². The molecule has 2 N–H and O–H groups in total. The van der Waals surface area contributed by atoms with Gasteiger partial charge in [0, 0.05) is 0 Å². The van der Waals surface area contributed by atoms with Crippen molar-refractivity contribution in [3.63, 3.8) is 0 Å². The van der Waals surface area contributed by atoms with Crippen molar-refractivity contribution in [2.75, 3.05) is 0 Å². The molecule has 0 bridgehead atoms. The molecule has 0 aromatic heterocycles. The molecule has 0 amide bonds. The second kappa shape index (κ2) is 7.29. The number of nitrogens with two attached hydrogens (primary N) is 1. The van der Waals surface area contributed by atoms with Crippen LogP contribution in [0.1, 0.15) is 29.0 Å².